The van der Waals surface area contributed by atoms with Crippen molar-refractivity contribution in [3.8, 4) is 0 Å². The Balaban J connectivity index is 1.60. The van der Waals surface area contributed by atoms with Crippen molar-refractivity contribution in [1.29, 1.82) is 0 Å². The van der Waals surface area contributed by atoms with Gasteiger partial charge in [-0.05, 0) is 88.0 Å². The van der Waals surface area contributed by atoms with Gasteiger partial charge < -0.3 is 19.6 Å². The Morgan fingerprint density at radius 1 is 0.516 bits per heavy atom. The summed E-state index contributed by atoms with van der Waals surface area (Å²) in [7, 11) is 6.79. The van der Waals surface area contributed by atoms with Gasteiger partial charge in [0.2, 0.25) is 0 Å². The molecule has 0 N–H and O–H groups in total. The van der Waals surface area contributed by atoms with Crippen molar-refractivity contribution in [2.75, 3.05) is 78.4 Å². The van der Waals surface area contributed by atoms with Crippen LogP contribution < -0.4 is 4.90 Å². The molecule has 0 saturated carbocycles. The summed E-state index contributed by atoms with van der Waals surface area (Å²) in [5, 5.41) is 5.36. The maximum atomic E-state index is 2.62. The van der Waals surface area contributed by atoms with Crippen LogP contribution in [0.25, 0.3) is 21.5 Å². The van der Waals surface area contributed by atoms with Crippen LogP contribution in [0.5, 0.6) is 0 Å². The molecule has 1 fully saturated rings. The van der Waals surface area contributed by atoms with Crippen LogP contribution in [0.2, 0.25) is 0 Å². The number of hydrogen-bond donors (Lipinski definition) is 0. The van der Waals surface area contributed by atoms with Crippen molar-refractivity contribution in [1.82, 2.24) is 14.7 Å². The van der Waals surface area contributed by atoms with E-state index in [9.17, 15) is 0 Å². The fraction of sp³-hybridized carbons (Fsp3) is 0.481. The summed E-state index contributed by atoms with van der Waals surface area (Å²) >= 11 is 0. The molecule has 3 aromatic carbocycles. The van der Waals surface area contributed by atoms with Crippen molar-refractivity contribution < 1.29 is 0 Å². The van der Waals surface area contributed by atoms with E-state index in [-0.39, 0.29) is 0 Å². The average molecular weight is 419 g/mol. The normalized spacial score (nSPS) is 19.6. The molecule has 0 aromatic heterocycles. The Morgan fingerprint density at radius 2 is 1.06 bits per heavy atom. The summed E-state index contributed by atoms with van der Waals surface area (Å²) in [6, 6.07) is 20.2. The molecule has 1 aliphatic heterocycles. The topological polar surface area (TPSA) is 13.0 Å². The van der Waals surface area contributed by atoms with E-state index in [4.69, 9.17) is 0 Å². The maximum absolute atomic E-state index is 2.62. The molecule has 1 heterocycles. The van der Waals surface area contributed by atoms with Crippen LogP contribution in [-0.4, -0.2) is 88.2 Å². The highest BCUT2D eigenvalue weighted by molar-refractivity contribution is 6.03. The molecule has 1 aliphatic rings. The van der Waals surface area contributed by atoms with Crippen molar-refractivity contribution in [2.24, 2.45) is 0 Å². The molecule has 0 bridgehead atoms. The highest BCUT2D eigenvalue weighted by atomic mass is 15.2. The Bertz CT molecular complexity index is 985. The van der Waals surface area contributed by atoms with Gasteiger partial charge in [-0.15, -0.1) is 0 Å². The van der Waals surface area contributed by atoms with Gasteiger partial charge in [0.1, 0.15) is 0 Å². The number of nitrogens with zero attached hydrogens (tertiary/aromatic N) is 4. The fourth-order valence-electron chi connectivity index (χ4n) is 4.69. The van der Waals surface area contributed by atoms with E-state index in [1.54, 1.807) is 0 Å². The van der Waals surface area contributed by atoms with Crippen LogP contribution in [0, 0.1) is 0 Å². The molecular weight excluding hydrogens is 380 g/mol. The van der Waals surface area contributed by atoms with Crippen LogP contribution in [-0.2, 0) is 0 Å². The molecule has 4 rings (SSSR count). The maximum Gasteiger partial charge on any atom is 0.0446 e. The smallest absolute Gasteiger partial charge is 0.0446 e. The Morgan fingerprint density at radius 3 is 1.74 bits per heavy atom. The molecule has 166 valence electrons. The van der Waals surface area contributed by atoms with Crippen LogP contribution in [0.4, 0.5) is 5.69 Å². The Labute approximate surface area is 188 Å². The Hall–Kier alpha value is -2.14. The van der Waals surface area contributed by atoms with E-state index in [0.29, 0.717) is 0 Å². The quantitative estimate of drug-likeness (QED) is 0.544. The lowest BCUT2D eigenvalue weighted by Gasteiger charge is -2.31. The largest absolute Gasteiger partial charge is 0.370 e. The molecule has 4 nitrogen and oxygen atoms in total. The van der Waals surface area contributed by atoms with Crippen molar-refractivity contribution in [3.63, 3.8) is 0 Å². The van der Waals surface area contributed by atoms with Crippen LogP contribution >= 0.6 is 0 Å². The van der Waals surface area contributed by atoms with Gasteiger partial charge in [0.15, 0.2) is 0 Å². The molecule has 0 spiro atoms. The second-order valence-corrected chi connectivity index (χ2v) is 9.30. The highest BCUT2D eigenvalue weighted by Crippen LogP contribution is 2.31. The number of anilines is 1. The number of hydrogen-bond acceptors (Lipinski definition) is 4. The van der Waals surface area contributed by atoms with Crippen molar-refractivity contribution >= 4 is 27.2 Å². The third-order valence-corrected chi connectivity index (χ3v) is 6.73. The second kappa shape index (κ2) is 10.4. The third kappa shape index (κ3) is 5.76. The first-order valence-corrected chi connectivity index (χ1v) is 11.8. The van der Waals surface area contributed by atoms with Gasteiger partial charge in [-0.3, -0.25) is 0 Å². The van der Waals surface area contributed by atoms with Gasteiger partial charge in [0, 0.05) is 43.8 Å². The first kappa shape index (κ1) is 22.1. The number of likely N-dealkylation sites (N-methyl/N-ethyl adjacent to an activating group) is 3. The standard InChI is InChI=1S/C27H38N4/c1-28-13-7-14-30(3)19-20-31(16-8-15-29(2)18-17-28)27-12-6-11-25-21-23-9-4-5-10-24(23)22-26(25)27/h4-6,9-12,21-22H,7-8,13-20H2,1-3H3. The van der Waals surface area contributed by atoms with E-state index in [0.717, 1.165) is 45.8 Å². The van der Waals surface area contributed by atoms with Crippen molar-refractivity contribution in [3.05, 3.63) is 54.6 Å². The number of benzene rings is 3. The molecule has 0 amide bonds. The Kier molecular flexibility index (Phi) is 7.44. The predicted molar refractivity (Wildman–Crippen MR) is 135 cm³/mol. The number of rotatable bonds is 1. The lowest BCUT2D eigenvalue weighted by Crippen LogP contribution is -2.38. The summed E-state index contributed by atoms with van der Waals surface area (Å²) in [6.45, 7) is 9.05. The minimum Gasteiger partial charge on any atom is -0.370 e. The van der Waals surface area contributed by atoms with Gasteiger partial charge in [-0.25, -0.2) is 0 Å². The number of fused-ring (bicyclic) bond motifs is 2. The lowest BCUT2D eigenvalue weighted by molar-refractivity contribution is 0.237. The van der Waals surface area contributed by atoms with Gasteiger partial charge >= 0.3 is 0 Å². The molecule has 4 heteroatoms. The van der Waals surface area contributed by atoms with Gasteiger partial charge in [0.05, 0.1) is 0 Å². The molecule has 0 unspecified atom stereocenters. The zero-order valence-corrected chi connectivity index (χ0v) is 19.6. The minimum atomic E-state index is 1.07. The first-order valence-electron chi connectivity index (χ1n) is 11.8. The van der Waals surface area contributed by atoms with Crippen LogP contribution in [0.15, 0.2) is 54.6 Å². The SMILES string of the molecule is CN1CCCN(C)CCN(c2cccc3cc4ccccc4cc23)CCCN(C)CC1. The molecule has 31 heavy (non-hydrogen) atoms. The van der Waals surface area contributed by atoms with Crippen LogP contribution in [0.3, 0.4) is 0 Å². The van der Waals surface area contributed by atoms with E-state index in [1.807, 2.05) is 0 Å². The molecule has 0 radical (unpaired) electrons. The van der Waals surface area contributed by atoms with E-state index in [1.165, 1.54) is 46.6 Å². The molecule has 0 aliphatic carbocycles. The molecule has 3 aromatic rings. The summed E-state index contributed by atoms with van der Waals surface area (Å²) in [5.74, 6) is 0. The molecule has 1 saturated heterocycles. The van der Waals surface area contributed by atoms with E-state index in [2.05, 4.69) is 95.3 Å². The zero-order chi connectivity index (χ0) is 21.6. The van der Waals surface area contributed by atoms with Gasteiger partial charge in [0.25, 0.3) is 0 Å². The lowest BCUT2D eigenvalue weighted by atomic mass is 10.0. The first-order chi connectivity index (χ1) is 15.1. The fourth-order valence-corrected chi connectivity index (χ4v) is 4.69. The highest BCUT2D eigenvalue weighted by Gasteiger charge is 2.13. The van der Waals surface area contributed by atoms with Gasteiger partial charge in [-0.2, -0.15) is 0 Å². The van der Waals surface area contributed by atoms with E-state index < -0.39 is 0 Å². The third-order valence-electron chi connectivity index (χ3n) is 6.73. The summed E-state index contributed by atoms with van der Waals surface area (Å²) in [6.07, 6.45) is 2.42. The van der Waals surface area contributed by atoms with Crippen molar-refractivity contribution in [2.45, 2.75) is 12.8 Å². The van der Waals surface area contributed by atoms with E-state index >= 15 is 0 Å². The summed E-state index contributed by atoms with van der Waals surface area (Å²) < 4.78 is 0. The molecular formula is C27H38N4. The van der Waals surface area contributed by atoms with Gasteiger partial charge in [-0.1, -0.05) is 36.4 Å². The van der Waals surface area contributed by atoms with Crippen LogP contribution in [0.1, 0.15) is 12.8 Å². The second-order valence-electron chi connectivity index (χ2n) is 9.30. The monoisotopic (exact) mass is 418 g/mol. The molecule has 0 atom stereocenters. The summed E-state index contributed by atoms with van der Waals surface area (Å²) in [5.41, 5.74) is 1.38. The average Bonchev–Trinajstić information content (AvgIpc) is 2.77. The zero-order valence-electron chi connectivity index (χ0n) is 19.6. The summed E-state index contributed by atoms with van der Waals surface area (Å²) in [4.78, 5) is 10.1. The predicted octanol–water partition coefficient (Wildman–Crippen LogP) is 4.39. The minimum absolute atomic E-state index is 1.07.